The second-order valence-electron chi connectivity index (χ2n) is 12.6. The lowest BCUT2D eigenvalue weighted by atomic mass is 9.73. The quantitative estimate of drug-likeness (QED) is 0.229. The minimum Gasteiger partial charge on any atom is -0.504 e. The van der Waals surface area contributed by atoms with Gasteiger partial charge in [0.15, 0.2) is 23.0 Å². The van der Waals surface area contributed by atoms with Crippen molar-refractivity contribution in [3.05, 3.63) is 81.4 Å². The summed E-state index contributed by atoms with van der Waals surface area (Å²) in [6.07, 6.45) is 2.89. The van der Waals surface area contributed by atoms with Gasteiger partial charge in [0.05, 0.1) is 25.2 Å². The molecule has 0 amide bonds. The first-order chi connectivity index (χ1) is 22.6. The Hall–Kier alpha value is -4.58. The highest BCUT2D eigenvalue weighted by Crippen LogP contribution is 2.58. The van der Waals surface area contributed by atoms with Crippen molar-refractivity contribution in [3.8, 4) is 28.7 Å². The summed E-state index contributed by atoms with van der Waals surface area (Å²) in [6, 6.07) is 9.59. The van der Waals surface area contributed by atoms with Crippen LogP contribution in [-0.4, -0.2) is 77.8 Å². The second-order valence-corrected chi connectivity index (χ2v) is 12.6. The lowest BCUT2D eigenvalue weighted by Gasteiger charge is -2.60. The fraction of sp³-hybridized carbons (Fsp3) is 0.389. The van der Waals surface area contributed by atoms with E-state index < -0.39 is 30.3 Å². The number of benzene rings is 3. The fourth-order valence-electron chi connectivity index (χ4n) is 8.02. The molecule has 11 nitrogen and oxygen atoms in total. The number of hydrogen-bond acceptors (Lipinski definition) is 11. The average molecular weight is 643 g/mol. The molecule has 0 spiro atoms. The minimum absolute atomic E-state index is 0.0289. The van der Waals surface area contributed by atoms with Gasteiger partial charge in [0, 0.05) is 41.3 Å². The molecule has 4 aliphatic rings. The van der Waals surface area contributed by atoms with Crippen LogP contribution in [0.1, 0.15) is 58.0 Å². The number of phenols is 1. The van der Waals surface area contributed by atoms with Crippen LogP contribution in [0.3, 0.4) is 0 Å². The van der Waals surface area contributed by atoms with Gasteiger partial charge in [-0.1, -0.05) is 36.4 Å². The van der Waals surface area contributed by atoms with E-state index in [0.29, 0.717) is 52.5 Å². The number of hydrogen-bond donors (Lipinski definition) is 2. The molecule has 0 saturated carbocycles. The average Bonchev–Trinajstić information content (AvgIpc) is 3.54. The second kappa shape index (κ2) is 11.9. The summed E-state index contributed by atoms with van der Waals surface area (Å²) in [5.74, 6) is 0.710. The van der Waals surface area contributed by atoms with Crippen molar-refractivity contribution >= 4 is 18.0 Å². The number of nitrogens with zero attached hydrogens (tertiary/aromatic N) is 2. The Morgan fingerprint density at radius 3 is 2.51 bits per heavy atom. The molecule has 4 heterocycles. The van der Waals surface area contributed by atoms with Crippen LogP contribution >= 0.6 is 0 Å². The van der Waals surface area contributed by atoms with Crippen molar-refractivity contribution in [1.29, 1.82) is 0 Å². The van der Waals surface area contributed by atoms with Crippen molar-refractivity contribution in [1.82, 2.24) is 9.80 Å². The number of carbonyl (C=O) groups is 2. The molecule has 3 aromatic carbocycles. The van der Waals surface area contributed by atoms with E-state index in [0.717, 1.165) is 22.3 Å². The predicted octanol–water partition coefficient (Wildman–Crippen LogP) is 4.13. The first-order valence-corrected chi connectivity index (χ1v) is 15.7. The van der Waals surface area contributed by atoms with Gasteiger partial charge in [-0.25, -0.2) is 4.79 Å². The van der Waals surface area contributed by atoms with Crippen LogP contribution in [0.25, 0.3) is 6.08 Å². The molecule has 1 fully saturated rings. The smallest absolute Gasteiger partial charge is 0.330 e. The van der Waals surface area contributed by atoms with Gasteiger partial charge in [0.2, 0.25) is 6.79 Å². The van der Waals surface area contributed by atoms with Crippen molar-refractivity contribution < 1.29 is 43.5 Å². The minimum atomic E-state index is -0.980. The number of methoxy groups -OCH3 is 1. The third-order valence-corrected chi connectivity index (χ3v) is 9.94. The summed E-state index contributed by atoms with van der Waals surface area (Å²) in [5.41, 5.74) is 5.29. The number of carbonyl (C=O) groups excluding carboxylic acids is 2. The summed E-state index contributed by atoms with van der Waals surface area (Å²) in [6.45, 7) is 4.89. The monoisotopic (exact) mass is 642 g/mol. The molecule has 4 aliphatic heterocycles. The molecule has 11 heteroatoms. The van der Waals surface area contributed by atoms with Gasteiger partial charge in [-0.2, -0.15) is 0 Å². The van der Waals surface area contributed by atoms with Crippen LogP contribution in [0, 0.1) is 13.8 Å². The Bertz CT molecular complexity index is 1790. The van der Waals surface area contributed by atoms with Crippen molar-refractivity contribution in [3.63, 3.8) is 0 Å². The molecule has 47 heavy (non-hydrogen) atoms. The summed E-state index contributed by atoms with van der Waals surface area (Å²) in [7, 11) is 3.48. The molecule has 0 radical (unpaired) electrons. The van der Waals surface area contributed by atoms with Crippen LogP contribution < -0.4 is 18.9 Å². The zero-order valence-electron chi connectivity index (χ0n) is 27.0. The van der Waals surface area contributed by atoms with E-state index in [1.807, 2.05) is 62.2 Å². The number of aromatic hydroxyl groups is 1. The zero-order chi connectivity index (χ0) is 33.1. The number of piperazine rings is 1. The zero-order valence-corrected chi connectivity index (χ0v) is 27.0. The van der Waals surface area contributed by atoms with E-state index in [9.17, 15) is 19.8 Å². The van der Waals surface area contributed by atoms with Crippen molar-refractivity contribution in [2.45, 2.75) is 64.0 Å². The molecular weight excluding hydrogens is 604 g/mol. The van der Waals surface area contributed by atoms with Crippen molar-refractivity contribution in [2.24, 2.45) is 0 Å². The number of likely N-dealkylation sites (N-methyl/N-ethyl adjacent to an activating group) is 1. The maximum Gasteiger partial charge on any atom is 0.330 e. The summed E-state index contributed by atoms with van der Waals surface area (Å²) in [5, 5.41) is 23.8. The number of fused-ring (bicyclic) bond motifs is 9. The highest BCUT2D eigenvalue weighted by molar-refractivity contribution is 5.87. The van der Waals surface area contributed by atoms with Crippen molar-refractivity contribution in [2.75, 3.05) is 27.6 Å². The fourth-order valence-corrected chi connectivity index (χ4v) is 8.02. The number of ether oxygens (including phenoxy) is 5. The summed E-state index contributed by atoms with van der Waals surface area (Å²) >= 11 is 0. The van der Waals surface area contributed by atoms with Gasteiger partial charge < -0.3 is 33.9 Å². The number of esters is 2. The molecule has 7 rings (SSSR count). The highest BCUT2D eigenvalue weighted by atomic mass is 16.7. The summed E-state index contributed by atoms with van der Waals surface area (Å²) in [4.78, 5) is 29.6. The predicted molar refractivity (Wildman–Crippen MR) is 171 cm³/mol. The van der Waals surface area contributed by atoms with Gasteiger partial charge >= 0.3 is 11.9 Å². The van der Waals surface area contributed by atoms with Gasteiger partial charge in [0.1, 0.15) is 18.6 Å². The number of aryl methyl sites for hydroxylation is 1. The van der Waals surface area contributed by atoms with Gasteiger partial charge in [-0.15, -0.1) is 0 Å². The molecule has 0 aromatic heterocycles. The Balaban J connectivity index is 1.37. The van der Waals surface area contributed by atoms with E-state index in [1.165, 1.54) is 20.1 Å². The number of phenolic OH excluding ortho intramolecular Hbond substituents is 1. The van der Waals surface area contributed by atoms with Gasteiger partial charge in [0.25, 0.3) is 0 Å². The Labute approximate surface area is 272 Å². The van der Waals surface area contributed by atoms with E-state index in [2.05, 4.69) is 4.90 Å². The third kappa shape index (κ3) is 5.00. The van der Waals surface area contributed by atoms with Crippen LogP contribution in [0.2, 0.25) is 0 Å². The molecule has 2 N–H and O–H groups in total. The van der Waals surface area contributed by atoms with Crippen LogP contribution in [0.4, 0.5) is 0 Å². The van der Waals surface area contributed by atoms with E-state index in [-0.39, 0.29) is 31.2 Å². The highest BCUT2D eigenvalue weighted by Gasteiger charge is 2.56. The molecule has 1 unspecified atom stereocenters. The Morgan fingerprint density at radius 1 is 1.04 bits per heavy atom. The lowest BCUT2D eigenvalue weighted by Crippen LogP contribution is -2.68. The van der Waals surface area contributed by atoms with E-state index in [4.69, 9.17) is 23.7 Å². The maximum absolute atomic E-state index is 13.1. The SMILES string of the molecule is COc1c(C)cc2c(c1O)[C@@H]1C3Cc4c(OC(C)=O)c(C)c5c(c4[C@H](COC(=O)/C=C/c4ccccc4)N3[C@@H](O)[C@@H](C2)N1C)OCO5. The Kier molecular flexibility index (Phi) is 7.86. The maximum atomic E-state index is 13.1. The third-order valence-electron chi connectivity index (χ3n) is 9.94. The number of aliphatic hydroxyl groups is 1. The normalized spacial score (nSPS) is 24.3. The summed E-state index contributed by atoms with van der Waals surface area (Å²) < 4.78 is 29.3. The first-order valence-electron chi connectivity index (χ1n) is 15.7. The molecule has 0 aliphatic carbocycles. The standard InChI is InChI=1S/C36H38N2O9/c1-18-13-22-14-25-36(42)38-24(30(37(25)4)28(22)31(41)32(18)43-5)15-23-29(35-34(45-17-46-35)19(2)33(23)47-20(3)39)26(38)16-44-27(40)12-11-21-9-7-6-8-10-21/h6-13,24-26,30,36,41-42H,14-17H2,1-5H3/b12-11+/t24?,25-,26+,30+,36+/m1/s1. The molecular formula is C36H38N2O9. The van der Waals surface area contributed by atoms with Crippen LogP contribution in [0.15, 0.2) is 42.5 Å². The van der Waals surface area contributed by atoms with Gasteiger partial charge in [-0.05, 0) is 56.5 Å². The largest absolute Gasteiger partial charge is 0.504 e. The molecule has 5 atom stereocenters. The first kappa shape index (κ1) is 31.0. The molecule has 3 aromatic rings. The van der Waals surface area contributed by atoms with Gasteiger partial charge in [-0.3, -0.25) is 14.6 Å². The molecule has 1 saturated heterocycles. The Morgan fingerprint density at radius 2 is 1.79 bits per heavy atom. The van der Waals surface area contributed by atoms with Crippen LogP contribution in [-0.2, 0) is 27.2 Å². The molecule has 2 bridgehead atoms. The van der Waals surface area contributed by atoms with E-state index >= 15 is 0 Å². The molecule has 246 valence electrons. The topological polar surface area (TPSA) is 127 Å². The number of rotatable bonds is 6. The number of aliphatic hydroxyl groups excluding tert-OH is 1. The van der Waals surface area contributed by atoms with Crippen LogP contribution in [0.5, 0.6) is 28.7 Å². The lowest BCUT2D eigenvalue weighted by molar-refractivity contribution is -0.182. The van der Waals surface area contributed by atoms with E-state index in [1.54, 1.807) is 6.08 Å².